The van der Waals surface area contributed by atoms with Crippen LogP contribution in [-0.2, 0) is 32.1 Å². The Hall–Kier alpha value is -2.90. The van der Waals surface area contributed by atoms with Gasteiger partial charge in [0.25, 0.3) is 0 Å². The van der Waals surface area contributed by atoms with E-state index >= 15 is 0 Å². The fourth-order valence-electron chi connectivity index (χ4n) is 4.06. The van der Waals surface area contributed by atoms with Crippen LogP contribution in [0, 0.1) is 0 Å². The van der Waals surface area contributed by atoms with Gasteiger partial charge < -0.3 is 14.7 Å². The average molecular weight is 489 g/mol. The highest BCUT2D eigenvalue weighted by Crippen LogP contribution is 2.18. The van der Waals surface area contributed by atoms with Gasteiger partial charge >= 0.3 is 11.9 Å². The molecule has 2 N–H and O–H groups in total. The van der Waals surface area contributed by atoms with Crippen LogP contribution in [0.3, 0.4) is 0 Å². The number of amides is 1. The Morgan fingerprint density at radius 3 is 2.29 bits per heavy atom. The Morgan fingerprint density at radius 2 is 1.68 bits per heavy atom. The van der Waals surface area contributed by atoms with Gasteiger partial charge in [0.1, 0.15) is 18.7 Å². The maximum absolute atomic E-state index is 13.3. The smallest absolute Gasteiger partial charge is 0.328 e. The van der Waals surface area contributed by atoms with Crippen molar-refractivity contribution in [3.63, 3.8) is 0 Å². The molecule has 3 atom stereocenters. The third-order valence-electron chi connectivity index (χ3n) is 6.02. The lowest BCUT2D eigenvalue weighted by Gasteiger charge is -2.30. The number of aliphatic carboxylic acids is 1. The number of esters is 1. The van der Waals surface area contributed by atoms with Gasteiger partial charge in [0.15, 0.2) is 0 Å². The predicted molar refractivity (Wildman–Crippen MR) is 132 cm³/mol. The van der Waals surface area contributed by atoms with Crippen LogP contribution in [0.4, 0.5) is 0 Å². The van der Waals surface area contributed by atoms with E-state index in [1.165, 1.54) is 4.90 Å². The SMILES string of the molecule is CC(C(=O)OCc1ccccc1)N1CCCC[C@H](NC(CCc2ccccc2)C(=O)O)C1=O.Cl. The number of nitrogens with zero attached hydrogens (tertiary/aromatic N) is 1. The first-order chi connectivity index (χ1) is 16.0. The largest absolute Gasteiger partial charge is 0.480 e. The zero-order valence-corrected chi connectivity index (χ0v) is 20.2. The van der Waals surface area contributed by atoms with Crippen LogP contribution >= 0.6 is 12.4 Å². The number of halogens is 1. The first-order valence-corrected chi connectivity index (χ1v) is 11.5. The minimum Gasteiger partial charge on any atom is -0.480 e. The van der Waals surface area contributed by atoms with E-state index in [0.717, 1.165) is 24.0 Å². The number of hydrogen-bond donors (Lipinski definition) is 2. The fourth-order valence-corrected chi connectivity index (χ4v) is 4.06. The molecular formula is C26H33ClN2O5. The van der Waals surface area contributed by atoms with Crippen molar-refractivity contribution < 1.29 is 24.2 Å². The number of ether oxygens (including phenoxy) is 1. The van der Waals surface area contributed by atoms with Crippen LogP contribution in [0.5, 0.6) is 0 Å². The summed E-state index contributed by atoms with van der Waals surface area (Å²) in [6.07, 6.45) is 3.03. The number of carbonyl (C=O) groups is 3. The Morgan fingerprint density at radius 1 is 1.06 bits per heavy atom. The molecular weight excluding hydrogens is 456 g/mol. The molecule has 184 valence electrons. The zero-order chi connectivity index (χ0) is 23.6. The molecule has 1 amide bonds. The summed E-state index contributed by atoms with van der Waals surface area (Å²) in [6, 6.07) is 16.8. The number of carboxylic acids is 1. The molecule has 2 unspecified atom stereocenters. The second-order valence-corrected chi connectivity index (χ2v) is 8.43. The van der Waals surface area contributed by atoms with Gasteiger partial charge in [-0.1, -0.05) is 60.7 Å². The Bertz CT molecular complexity index is 925. The minimum atomic E-state index is -0.982. The minimum absolute atomic E-state index is 0. The molecule has 1 aliphatic heterocycles. The number of rotatable bonds is 10. The molecule has 0 spiro atoms. The van der Waals surface area contributed by atoms with E-state index < -0.39 is 30.1 Å². The number of likely N-dealkylation sites (tertiary alicyclic amines) is 1. The predicted octanol–water partition coefficient (Wildman–Crippen LogP) is 3.60. The highest BCUT2D eigenvalue weighted by Gasteiger charge is 2.35. The third kappa shape index (κ3) is 7.85. The number of aryl methyl sites for hydroxylation is 1. The lowest BCUT2D eigenvalue weighted by atomic mass is 10.0. The quantitative estimate of drug-likeness (QED) is 0.496. The van der Waals surface area contributed by atoms with Gasteiger partial charge in [0.05, 0.1) is 6.04 Å². The number of carbonyl (C=O) groups excluding carboxylic acids is 2. The molecule has 0 saturated carbocycles. The summed E-state index contributed by atoms with van der Waals surface area (Å²) in [4.78, 5) is 39.3. The topological polar surface area (TPSA) is 95.9 Å². The Kier molecular flexibility index (Phi) is 11.0. The summed E-state index contributed by atoms with van der Waals surface area (Å²) in [6.45, 7) is 2.26. The summed E-state index contributed by atoms with van der Waals surface area (Å²) in [7, 11) is 0. The normalized spacial score (nSPS) is 17.7. The molecule has 8 heteroatoms. The number of benzene rings is 2. The van der Waals surface area contributed by atoms with Crippen molar-refractivity contribution in [1.82, 2.24) is 10.2 Å². The van der Waals surface area contributed by atoms with Crippen LogP contribution < -0.4 is 5.32 Å². The second-order valence-electron chi connectivity index (χ2n) is 8.43. The maximum atomic E-state index is 13.3. The molecule has 1 fully saturated rings. The molecule has 2 aromatic carbocycles. The summed E-state index contributed by atoms with van der Waals surface area (Å²) < 4.78 is 5.43. The third-order valence-corrected chi connectivity index (χ3v) is 6.02. The summed E-state index contributed by atoms with van der Waals surface area (Å²) >= 11 is 0. The molecule has 0 aliphatic carbocycles. The van der Waals surface area contributed by atoms with Crippen LogP contribution in [0.2, 0.25) is 0 Å². The molecule has 2 aromatic rings. The van der Waals surface area contributed by atoms with E-state index in [1.807, 2.05) is 60.7 Å². The van der Waals surface area contributed by atoms with Crippen molar-refractivity contribution >= 4 is 30.3 Å². The molecule has 3 rings (SSSR count). The number of hydrogen-bond acceptors (Lipinski definition) is 5. The van der Waals surface area contributed by atoms with Gasteiger partial charge in [-0.3, -0.25) is 14.9 Å². The first kappa shape index (κ1) is 27.3. The van der Waals surface area contributed by atoms with Gasteiger partial charge in [-0.05, 0) is 50.2 Å². The van der Waals surface area contributed by atoms with Crippen LogP contribution in [0.25, 0.3) is 0 Å². The van der Waals surface area contributed by atoms with Crippen molar-refractivity contribution in [2.75, 3.05) is 6.54 Å². The zero-order valence-electron chi connectivity index (χ0n) is 19.4. The van der Waals surface area contributed by atoms with E-state index in [2.05, 4.69) is 5.32 Å². The summed E-state index contributed by atoms with van der Waals surface area (Å²) in [5.74, 6) is -1.70. The van der Waals surface area contributed by atoms with Crippen LogP contribution in [0.1, 0.15) is 43.7 Å². The highest BCUT2D eigenvalue weighted by atomic mass is 35.5. The molecule has 0 radical (unpaired) electrons. The molecule has 1 aliphatic rings. The van der Waals surface area contributed by atoms with Crippen molar-refractivity contribution in [1.29, 1.82) is 0 Å². The Balaban J connectivity index is 0.00000408. The van der Waals surface area contributed by atoms with Gasteiger partial charge in [-0.2, -0.15) is 0 Å². The van der Waals surface area contributed by atoms with Gasteiger partial charge in [-0.25, -0.2) is 4.79 Å². The maximum Gasteiger partial charge on any atom is 0.328 e. The molecule has 1 heterocycles. The molecule has 7 nitrogen and oxygen atoms in total. The first-order valence-electron chi connectivity index (χ1n) is 11.5. The van der Waals surface area contributed by atoms with Gasteiger partial charge in [0.2, 0.25) is 5.91 Å². The van der Waals surface area contributed by atoms with Crippen molar-refractivity contribution in [2.45, 2.75) is 63.8 Å². The van der Waals surface area contributed by atoms with E-state index in [4.69, 9.17) is 4.74 Å². The van der Waals surface area contributed by atoms with E-state index in [0.29, 0.717) is 25.8 Å². The lowest BCUT2D eigenvalue weighted by molar-refractivity contribution is -0.156. The van der Waals surface area contributed by atoms with E-state index in [1.54, 1.807) is 6.92 Å². The number of carboxylic acid groups (broad SMARTS) is 1. The van der Waals surface area contributed by atoms with Gasteiger partial charge in [0, 0.05) is 6.54 Å². The number of nitrogens with one attached hydrogen (secondary N) is 1. The standard InChI is InChI=1S/C26H32N2O5.ClH/c1-19(26(32)33-18-21-12-6-3-7-13-21)28-17-9-8-14-22(24(28)29)27-23(25(30)31)16-15-20-10-4-2-5-11-20;/h2-7,10-13,19,22-23,27H,8-9,14-18H2,1H3,(H,30,31);1H/t19?,22-,23?;/m0./s1. The van der Waals surface area contributed by atoms with Crippen LogP contribution in [0.15, 0.2) is 60.7 Å². The Labute approximate surface area is 206 Å². The van der Waals surface area contributed by atoms with Gasteiger partial charge in [-0.15, -0.1) is 12.4 Å². The van der Waals surface area contributed by atoms with Crippen molar-refractivity contribution in [2.24, 2.45) is 0 Å². The fraction of sp³-hybridized carbons (Fsp3) is 0.423. The van der Waals surface area contributed by atoms with E-state index in [9.17, 15) is 19.5 Å². The molecule has 0 bridgehead atoms. The highest BCUT2D eigenvalue weighted by molar-refractivity contribution is 5.88. The lowest BCUT2D eigenvalue weighted by Crippen LogP contribution is -2.54. The second kappa shape index (κ2) is 13.7. The molecule has 34 heavy (non-hydrogen) atoms. The molecule has 1 saturated heterocycles. The summed E-state index contributed by atoms with van der Waals surface area (Å²) in [5.41, 5.74) is 1.93. The van der Waals surface area contributed by atoms with Crippen LogP contribution in [-0.4, -0.2) is 52.5 Å². The average Bonchev–Trinajstić information content (AvgIpc) is 3.02. The molecule has 0 aromatic heterocycles. The monoisotopic (exact) mass is 488 g/mol. The van der Waals surface area contributed by atoms with E-state index in [-0.39, 0.29) is 24.9 Å². The summed E-state index contributed by atoms with van der Waals surface area (Å²) in [5, 5.41) is 12.8. The van der Waals surface area contributed by atoms with Crippen molar-refractivity contribution in [3.8, 4) is 0 Å². The van der Waals surface area contributed by atoms with Crippen molar-refractivity contribution in [3.05, 3.63) is 71.8 Å².